The maximum Gasteiger partial charge on any atom is 0.147 e. The molecule has 0 aliphatic heterocycles. The quantitative estimate of drug-likeness (QED) is 0.889. The van der Waals surface area contributed by atoms with Gasteiger partial charge in [-0.1, -0.05) is 43.6 Å². The lowest BCUT2D eigenvalue weighted by atomic mass is 10.2. The van der Waals surface area contributed by atoms with E-state index in [0.717, 1.165) is 28.6 Å². The number of hydrogen-bond acceptors (Lipinski definition) is 4. The number of hydrogen-bond donors (Lipinski definition) is 1. The Labute approximate surface area is 131 Å². The van der Waals surface area contributed by atoms with E-state index in [1.54, 1.807) is 12.4 Å². The minimum Gasteiger partial charge on any atom is -0.354 e. The molecule has 0 aliphatic carbocycles. The third-order valence-corrected chi connectivity index (χ3v) is 3.49. The zero-order chi connectivity index (χ0) is 15.2. The number of rotatable bonds is 6. The van der Waals surface area contributed by atoms with Crippen LogP contribution >= 0.6 is 11.6 Å². The number of nitrogens with zero attached hydrogens (tertiary/aromatic N) is 3. The van der Waals surface area contributed by atoms with Crippen molar-refractivity contribution in [3.8, 4) is 0 Å². The van der Waals surface area contributed by atoms with Gasteiger partial charge < -0.3 is 10.2 Å². The Kier molecular flexibility index (Phi) is 5.53. The Morgan fingerprint density at radius 2 is 2.00 bits per heavy atom. The van der Waals surface area contributed by atoms with Gasteiger partial charge in [0.2, 0.25) is 0 Å². The molecule has 0 spiro atoms. The van der Waals surface area contributed by atoms with Crippen molar-refractivity contribution in [2.24, 2.45) is 0 Å². The first-order chi connectivity index (χ1) is 10.1. The average Bonchev–Trinajstić information content (AvgIpc) is 2.48. The first-order valence-electron chi connectivity index (χ1n) is 7.05. The van der Waals surface area contributed by atoms with Crippen molar-refractivity contribution in [1.29, 1.82) is 0 Å². The summed E-state index contributed by atoms with van der Waals surface area (Å²) in [6.07, 6.45) is 3.57. The van der Waals surface area contributed by atoms with Crippen molar-refractivity contribution in [3.63, 3.8) is 0 Å². The van der Waals surface area contributed by atoms with Gasteiger partial charge in [-0.2, -0.15) is 0 Å². The summed E-state index contributed by atoms with van der Waals surface area (Å²) in [7, 11) is 1.99. The topological polar surface area (TPSA) is 41.1 Å². The molecule has 0 radical (unpaired) electrons. The monoisotopic (exact) mass is 304 g/mol. The highest BCUT2D eigenvalue weighted by molar-refractivity contribution is 6.31. The molecule has 0 atom stereocenters. The largest absolute Gasteiger partial charge is 0.354 e. The summed E-state index contributed by atoms with van der Waals surface area (Å²) in [6, 6.07) is 8.28. The van der Waals surface area contributed by atoms with E-state index in [9.17, 15) is 0 Å². The predicted octanol–water partition coefficient (Wildman–Crippen LogP) is 3.26. The molecule has 1 aromatic carbocycles. The molecule has 0 amide bonds. The Bertz CT molecular complexity index is 586. The van der Waals surface area contributed by atoms with Crippen LogP contribution < -0.4 is 10.2 Å². The highest BCUT2D eigenvalue weighted by Crippen LogP contribution is 2.19. The van der Waals surface area contributed by atoms with Crippen molar-refractivity contribution in [3.05, 3.63) is 52.9 Å². The SMILES string of the molecule is CC(C)NCc1cncc(N(C)Cc2ccccc2Cl)n1. The molecule has 2 aromatic rings. The second-order valence-corrected chi connectivity index (χ2v) is 5.76. The number of halogens is 1. The van der Waals surface area contributed by atoms with E-state index in [-0.39, 0.29) is 0 Å². The molecule has 112 valence electrons. The lowest BCUT2D eigenvalue weighted by molar-refractivity contribution is 0.580. The lowest BCUT2D eigenvalue weighted by Gasteiger charge is -2.19. The summed E-state index contributed by atoms with van der Waals surface area (Å²) in [5.41, 5.74) is 2.02. The van der Waals surface area contributed by atoms with Gasteiger partial charge in [0.05, 0.1) is 11.9 Å². The van der Waals surface area contributed by atoms with Gasteiger partial charge in [0, 0.05) is 37.4 Å². The van der Waals surface area contributed by atoms with E-state index < -0.39 is 0 Å². The van der Waals surface area contributed by atoms with Gasteiger partial charge in [0.15, 0.2) is 0 Å². The lowest BCUT2D eigenvalue weighted by Crippen LogP contribution is -2.24. The normalized spacial score (nSPS) is 10.9. The summed E-state index contributed by atoms with van der Waals surface area (Å²) >= 11 is 6.20. The van der Waals surface area contributed by atoms with Crippen LogP contribution in [0.15, 0.2) is 36.7 Å². The molecule has 2 rings (SSSR count). The van der Waals surface area contributed by atoms with E-state index in [0.29, 0.717) is 12.6 Å². The standard InChI is InChI=1S/C16H21ClN4/c1-12(2)19-9-14-8-18-10-16(20-14)21(3)11-13-6-4-5-7-15(13)17/h4-8,10,12,19H,9,11H2,1-3H3. The van der Waals surface area contributed by atoms with Gasteiger partial charge in [-0.3, -0.25) is 4.98 Å². The predicted molar refractivity (Wildman–Crippen MR) is 87.6 cm³/mol. The van der Waals surface area contributed by atoms with Gasteiger partial charge in [-0.05, 0) is 11.6 Å². The van der Waals surface area contributed by atoms with Gasteiger partial charge in [0.1, 0.15) is 5.82 Å². The first-order valence-corrected chi connectivity index (χ1v) is 7.43. The zero-order valence-corrected chi connectivity index (χ0v) is 13.4. The highest BCUT2D eigenvalue weighted by atomic mass is 35.5. The summed E-state index contributed by atoms with van der Waals surface area (Å²) < 4.78 is 0. The van der Waals surface area contributed by atoms with Crippen LogP contribution in [0.3, 0.4) is 0 Å². The Morgan fingerprint density at radius 1 is 1.24 bits per heavy atom. The molecule has 1 N–H and O–H groups in total. The van der Waals surface area contributed by atoms with Crippen LogP contribution in [-0.4, -0.2) is 23.1 Å². The second kappa shape index (κ2) is 7.38. The minimum absolute atomic E-state index is 0.427. The molecule has 0 saturated heterocycles. The van der Waals surface area contributed by atoms with Gasteiger partial charge in [-0.25, -0.2) is 4.98 Å². The summed E-state index contributed by atoms with van der Waals surface area (Å²) in [4.78, 5) is 10.9. The van der Waals surface area contributed by atoms with Crippen LogP contribution in [0.25, 0.3) is 0 Å². The van der Waals surface area contributed by atoms with Crippen molar-refractivity contribution >= 4 is 17.4 Å². The van der Waals surface area contributed by atoms with Crippen molar-refractivity contribution in [1.82, 2.24) is 15.3 Å². The summed E-state index contributed by atoms with van der Waals surface area (Å²) in [6.45, 7) is 5.65. The molecule has 0 unspecified atom stereocenters. The maximum atomic E-state index is 6.20. The van der Waals surface area contributed by atoms with Crippen LogP contribution in [0.5, 0.6) is 0 Å². The third kappa shape index (κ3) is 4.69. The van der Waals surface area contributed by atoms with Crippen LogP contribution in [0.4, 0.5) is 5.82 Å². The fraction of sp³-hybridized carbons (Fsp3) is 0.375. The molecule has 0 aliphatic rings. The van der Waals surface area contributed by atoms with Crippen molar-refractivity contribution in [2.45, 2.75) is 33.0 Å². The van der Waals surface area contributed by atoms with Crippen molar-refractivity contribution < 1.29 is 0 Å². The Morgan fingerprint density at radius 3 is 2.71 bits per heavy atom. The van der Waals surface area contributed by atoms with E-state index in [1.165, 1.54) is 0 Å². The van der Waals surface area contributed by atoms with Gasteiger partial charge in [-0.15, -0.1) is 0 Å². The van der Waals surface area contributed by atoms with Crippen LogP contribution in [-0.2, 0) is 13.1 Å². The van der Waals surface area contributed by atoms with Crippen molar-refractivity contribution in [2.75, 3.05) is 11.9 Å². The molecule has 1 heterocycles. The molecule has 21 heavy (non-hydrogen) atoms. The zero-order valence-electron chi connectivity index (χ0n) is 12.7. The fourth-order valence-electron chi connectivity index (χ4n) is 1.94. The van der Waals surface area contributed by atoms with Gasteiger partial charge in [0.25, 0.3) is 0 Å². The molecular weight excluding hydrogens is 284 g/mol. The summed E-state index contributed by atoms with van der Waals surface area (Å²) in [5.74, 6) is 0.845. The van der Waals surface area contributed by atoms with E-state index in [2.05, 4.69) is 29.1 Å². The summed E-state index contributed by atoms with van der Waals surface area (Å²) in [5, 5.41) is 4.12. The fourth-order valence-corrected chi connectivity index (χ4v) is 2.13. The highest BCUT2D eigenvalue weighted by Gasteiger charge is 2.08. The number of benzene rings is 1. The van der Waals surface area contributed by atoms with E-state index in [4.69, 9.17) is 11.6 Å². The molecule has 0 fully saturated rings. The molecule has 0 bridgehead atoms. The first kappa shape index (κ1) is 15.7. The Hall–Kier alpha value is -1.65. The van der Waals surface area contributed by atoms with Crippen LogP contribution in [0.1, 0.15) is 25.1 Å². The molecule has 0 saturated carbocycles. The molecular formula is C16H21ClN4. The van der Waals surface area contributed by atoms with Crippen LogP contribution in [0, 0.1) is 0 Å². The number of anilines is 1. The second-order valence-electron chi connectivity index (χ2n) is 5.35. The smallest absolute Gasteiger partial charge is 0.147 e. The maximum absolute atomic E-state index is 6.20. The number of aromatic nitrogens is 2. The van der Waals surface area contributed by atoms with Gasteiger partial charge >= 0.3 is 0 Å². The average molecular weight is 305 g/mol. The minimum atomic E-state index is 0.427. The molecule has 5 heteroatoms. The van der Waals surface area contributed by atoms with E-state index >= 15 is 0 Å². The van der Waals surface area contributed by atoms with E-state index in [1.807, 2.05) is 36.2 Å². The molecule has 4 nitrogen and oxygen atoms in total. The molecule has 1 aromatic heterocycles. The van der Waals surface area contributed by atoms with Crippen LogP contribution in [0.2, 0.25) is 5.02 Å². The number of nitrogens with one attached hydrogen (secondary N) is 1. The third-order valence-electron chi connectivity index (χ3n) is 3.12. The Balaban J connectivity index is 2.07.